The van der Waals surface area contributed by atoms with E-state index in [9.17, 15) is 0 Å². The minimum absolute atomic E-state index is 0.703. The van der Waals surface area contributed by atoms with Crippen molar-refractivity contribution in [3.63, 3.8) is 0 Å². The first-order valence-corrected chi connectivity index (χ1v) is 5.47. The summed E-state index contributed by atoms with van der Waals surface area (Å²) in [5.41, 5.74) is 0. The molecule has 3 heteroatoms. The van der Waals surface area contributed by atoms with E-state index in [1.54, 1.807) is 0 Å². The van der Waals surface area contributed by atoms with E-state index in [2.05, 4.69) is 10.6 Å². The molecule has 0 amide bonds. The number of piperidine rings is 1. The van der Waals surface area contributed by atoms with Crippen LogP contribution >= 0.6 is 0 Å². The van der Waals surface area contributed by atoms with Gasteiger partial charge in [-0.15, -0.1) is 0 Å². The molecule has 2 aliphatic heterocycles. The summed E-state index contributed by atoms with van der Waals surface area (Å²) in [4.78, 5) is 0. The molecule has 2 N–H and O–H groups in total. The Morgan fingerprint density at radius 2 is 2.38 bits per heavy atom. The summed E-state index contributed by atoms with van der Waals surface area (Å²) in [5.74, 6) is 0.766. The molecule has 2 rings (SSSR count). The van der Waals surface area contributed by atoms with Gasteiger partial charge in [-0.2, -0.15) is 0 Å². The van der Waals surface area contributed by atoms with Gasteiger partial charge in [0.25, 0.3) is 0 Å². The van der Waals surface area contributed by atoms with Crippen LogP contribution < -0.4 is 10.6 Å². The first-order valence-electron chi connectivity index (χ1n) is 5.47. The molecular formula is C10H20N2O. The van der Waals surface area contributed by atoms with Crippen molar-refractivity contribution >= 4 is 0 Å². The third kappa shape index (κ3) is 2.93. The summed E-state index contributed by atoms with van der Waals surface area (Å²) in [6, 6.07) is 0.703. The third-order valence-electron chi connectivity index (χ3n) is 3.02. The van der Waals surface area contributed by atoms with Gasteiger partial charge in [-0.1, -0.05) is 0 Å². The first-order chi connectivity index (χ1) is 6.45. The van der Waals surface area contributed by atoms with Crippen LogP contribution in [0.15, 0.2) is 0 Å². The molecule has 3 nitrogen and oxygen atoms in total. The van der Waals surface area contributed by atoms with Gasteiger partial charge in [0, 0.05) is 25.7 Å². The average molecular weight is 184 g/mol. The van der Waals surface area contributed by atoms with Crippen LogP contribution in [-0.2, 0) is 4.74 Å². The molecule has 1 unspecified atom stereocenters. The van der Waals surface area contributed by atoms with Crippen molar-refractivity contribution in [3.8, 4) is 0 Å². The first kappa shape index (κ1) is 9.44. The molecule has 0 saturated carbocycles. The fourth-order valence-corrected chi connectivity index (χ4v) is 2.10. The van der Waals surface area contributed by atoms with Gasteiger partial charge in [0.2, 0.25) is 0 Å². The van der Waals surface area contributed by atoms with Crippen LogP contribution in [0, 0.1) is 5.92 Å². The maximum Gasteiger partial charge on any atom is 0.0507 e. The van der Waals surface area contributed by atoms with E-state index in [-0.39, 0.29) is 0 Å². The molecule has 2 atom stereocenters. The zero-order valence-electron chi connectivity index (χ0n) is 8.22. The predicted octanol–water partition coefficient (Wildman–Crippen LogP) is 0.364. The second-order valence-electron chi connectivity index (χ2n) is 4.18. The largest absolute Gasteiger partial charge is 0.381 e. The highest BCUT2D eigenvalue weighted by atomic mass is 16.5. The lowest BCUT2D eigenvalue weighted by Crippen LogP contribution is -2.44. The van der Waals surface area contributed by atoms with Crippen molar-refractivity contribution in [1.82, 2.24) is 10.6 Å². The Balaban J connectivity index is 1.60. The molecule has 0 aromatic rings. The molecule has 2 heterocycles. The maximum absolute atomic E-state index is 5.34. The zero-order chi connectivity index (χ0) is 8.93. The second kappa shape index (κ2) is 4.94. The second-order valence-corrected chi connectivity index (χ2v) is 4.18. The Kier molecular flexibility index (Phi) is 3.58. The SMILES string of the molecule is C1CNC[C@@H](NCC2CCOC2)C1. The van der Waals surface area contributed by atoms with Crippen molar-refractivity contribution < 1.29 is 4.74 Å². The van der Waals surface area contributed by atoms with E-state index in [1.165, 1.54) is 25.8 Å². The quantitative estimate of drug-likeness (QED) is 0.664. The third-order valence-corrected chi connectivity index (χ3v) is 3.02. The van der Waals surface area contributed by atoms with Crippen LogP contribution in [0.3, 0.4) is 0 Å². The fourth-order valence-electron chi connectivity index (χ4n) is 2.10. The van der Waals surface area contributed by atoms with Gasteiger partial charge in [0.05, 0.1) is 6.61 Å². The molecule has 0 radical (unpaired) electrons. The number of hydrogen-bond donors (Lipinski definition) is 2. The van der Waals surface area contributed by atoms with Gasteiger partial charge in [0.15, 0.2) is 0 Å². The number of hydrogen-bond acceptors (Lipinski definition) is 3. The zero-order valence-corrected chi connectivity index (χ0v) is 8.22. The topological polar surface area (TPSA) is 33.3 Å². The lowest BCUT2D eigenvalue weighted by molar-refractivity contribution is 0.184. The van der Waals surface area contributed by atoms with Gasteiger partial charge < -0.3 is 15.4 Å². The van der Waals surface area contributed by atoms with E-state index >= 15 is 0 Å². The normalized spacial score (nSPS) is 35.1. The van der Waals surface area contributed by atoms with Gasteiger partial charge >= 0.3 is 0 Å². The summed E-state index contributed by atoms with van der Waals surface area (Å²) in [7, 11) is 0. The molecule has 0 aromatic heterocycles. The van der Waals surface area contributed by atoms with Crippen LogP contribution in [0.1, 0.15) is 19.3 Å². The Morgan fingerprint density at radius 3 is 3.08 bits per heavy atom. The molecule has 0 aliphatic carbocycles. The van der Waals surface area contributed by atoms with E-state index < -0.39 is 0 Å². The fraction of sp³-hybridized carbons (Fsp3) is 1.00. The van der Waals surface area contributed by atoms with Crippen LogP contribution in [-0.4, -0.2) is 38.9 Å². The summed E-state index contributed by atoms with van der Waals surface area (Å²) in [5, 5.41) is 7.04. The van der Waals surface area contributed by atoms with Crippen molar-refractivity contribution in [3.05, 3.63) is 0 Å². The summed E-state index contributed by atoms with van der Waals surface area (Å²) < 4.78 is 5.34. The predicted molar refractivity (Wildman–Crippen MR) is 52.8 cm³/mol. The summed E-state index contributed by atoms with van der Waals surface area (Å²) >= 11 is 0. The number of nitrogens with one attached hydrogen (secondary N) is 2. The number of rotatable bonds is 3. The van der Waals surface area contributed by atoms with Crippen molar-refractivity contribution in [1.29, 1.82) is 0 Å². The van der Waals surface area contributed by atoms with Gasteiger partial charge in [-0.25, -0.2) is 0 Å². The Labute approximate surface area is 80.2 Å². The van der Waals surface area contributed by atoms with E-state index in [1.807, 2.05) is 0 Å². The van der Waals surface area contributed by atoms with Crippen LogP contribution in [0.25, 0.3) is 0 Å². The Hall–Kier alpha value is -0.120. The van der Waals surface area contributed by atoms with Crippen molar-refractivity contribution in [2.45, 2.75) is 25.3 Å². The van der Waals surface area contributed by atoms with Crippen molar-refractivity contribution in [2.24, 2.45) is 5.92 Å². The highest BCUT2D eigenvalue weighted by Gasteiger charge is 2.18. The molecule has 0 aromatic carbocycles. The Morgan fingerprint density at radius 1 is 1.38 bits per heavy atom. The van der Waals surface area contributed by atoms with Gasteiger partial charge in [-0.05, 0) is 31.7 Å². The Bertz CT molecular complexity index is 140. The molecule has 13 heavy (non-hydrogen) atoms. The van der Waals surface area contributed by atoms with E-state index in [0.717, 1.165) is 32.2 Å². The summed E-state index contributed by atoms with van der Waals surface area (Å²) in [6.45, 7) is 5.42. The van der Waals surface area contributed by atoms with E-state index in [0.29, 0.717) is 6.04 Å². The van der Waals surface area contributed by atoms with Crippen LogP contribution in [0.2, 0.25) is 0 Å². The number of ether oxygens (including phenoxy) is 1. The molecule has 2 saturated heterocycles. The lowest BCUT2D eigenvalue weighted by Gasteiger charge is -2.25. The van der Waals surface area contributed by atoms with E-state index in [4.69, 9.17) is 4.74 Å². The summed E-state index contributed by atoms with van der Waals surface area (Å²) in [6.07, 6.45) is 3.90. The molecule has 0 spiro atoms. The maximum atomic E-state index is 5.34. The standard InChI is InChI=1S/C10H20N2O/c1-2-10(7-11-4-1)12-6-9-3-5-13-8-9/h9-12H,1-8H2/t9?,10-/m0/s1. The van der Waals surface area contributed by atoms with Crippen LogP contribution in [0.5, 0.6) is 0 Å². The molecule has 2 fully saturated rings. The molecular weight excluding hydrogens is 164 g/mol. The average Bonchev–Trinajstić information content (AvgIpc) is 2.69. The van der Waals surface area contributed by atoms with Crippen LogP contribution in [0.4, 0.5) is 0 Å². The molecule has 2 aliphatic rings. The monoisotopic (exact) mass is 184 g/mol. The molecule has 76 valence electrons. The highest BCUT2D eigenvalue weighted by Crippen LogP contribution is 2.11. The van der Waals surface area contributed by atoms with Crippen molar-refractivity contribution in [2.75, 3.05) is 32.8 Å². The van der Waals surface area contributed by atoms with Gasteiger partial charge in [-0.3, -0.25) is 0 Å². The highest BCUT2D eigenvalue weighted by molar-refractivity contribution is 4.77. The minimum Gasteiger partial charge on any atom is -0.381 e. The lowest BCUT2D eigenvalue weighted by atomic mass is 10.1. The smallest absolute Gasteiger partial charge is 0.0507 e. The van der Waals surface area contributed by atoms with Gasteiger partial charge in [0.1, 0.15) is 0 Å². The minimum atomic E-state index is 0.703. The molecule has 0 bridgehead atoms.